The van der Waals surface area contributed by atoms with Crippen LogP contribution in [0.15, 0.2) is 30.5 Å². The van der Waals surface area contributed by atoms with Gasteiger partial charge in [-0.2, -0.15) is 0 Å². The average molecular weight is 274 g/mol. The van der Waals surface area contributed by atoms with Gasteiger partial charge < -0.3 is 4.74 Å². The average Bonchev–Trinajstić information content (AvgIpc) is 2.28. The van der Waals surface area contributed by atoms with Crippen molar-refractivity contribution in [1.29, 1.82) is 0 Å². The van der Waals surface area contributed by atoms with Crippen LogP contribution in [0, 0.1) is 17.7 Å². The molecule has 7 heteroatoms. The minimum absolute atomic E-state index is 0.266. The van der Waals surface area contributed by atoms with Gasteiger partial charge in [0.2, 0.25) is 0 Å². The molecule has 0 N–H and O–H groups in total. The van der Waals surface area contributed by atoms with Crippen LogP contribution in [-0.2, 0) is 0 Å². The number of ether oxygens (including phenoxy) is 1. The fraction of sp³-hybridized carbons (Fsp3) is 0.0833. The summed E-state index contributed by atoms with van der Waals surface area (Å²) < 4.78 is 66.5. The highest BCUT2D eigenvalue weighted by atomic mass is 19.4. The van der Waals surface area contributed by atoms with Crippen molar-refractivity contribution in [2.24, 2.45) is 0 Å². The Morgan fingerprint density at radius 3 is 2.58 bits per heavy atom. The molecule has 0 aliphatic heterocycles. The van der Waals surface area contributed by atoms with E-state index in [1.54, 1.807) is 0 Å². The molecule has 0 bridgehead atoms. The molecule has 0 saturated heterocycles. The second-order valence-electron chi connectivity index (χ2n) is 3.44. The van der Waals surface area contributed by atoms with Crippen molar-refractivity contribution in [2.45, 2.75) is 6.36 Å². The smallest absolute Gasteiger partial charge is 0.404 e. The predicted molar refractivity (Wildman–Crippen MR) is 55.1 cm³/mol. The van der Waals surface area contributed by atoms with Crippen LogP contribution in [-0.4, -0.2) is 11.3 Å². The number of rotatable bonds is 2. The van der Waals surface area contributed by atoms with Crippen molar-refractivity contribution in [3.05, 3.63) is 48.2 Å². The Hall–Kier alpha value is -2.18. The fourth-order valence-corrected chi connectivity index (χ4v) is 1.42. The third-order valence-electron chi connectivity index (χ3n) is 2.10. The second kappa shape index (κ2) is 4.83. The highest BCUT2D eigenvalue weighted by Gasteiger charge is 2.32. The van der Waals surface area contributed by atoms with Crippen LogP contribution in [0.3, 0.4) is 0 Å². The molecule has 2 nitrogen and oxygen atoms in total. The van der Waals surface area contributed by atoms with Crippen molar-refractivity contribution in [1.82, 2.24) is 4.98 Å². The van der Waals surface area contributed by atoms with Crippen LogP contribution in [0.2, 0.25) is 0 Å². The van der Waals surface area contributed by atoms with Gasteiger partial charge in [0, 0.05) is 17.7 Å². The first-order valence-electron chi connectivity index (χ1n) is 4.95. The maximum atomic E-state index is 13.5. The molecule has 0 saturated carbocycles. The molecule has 1 heterocycles. The molecule has 0 unspecified atom stereocenters. The van der Waals surface area contributed by atoms with E-state index in [1.165, 1.54) is 18.2 Å². The largest absolute Gasteiger partial charge is 0.573 e. The van der Waals surface area contributed by atoms with E-state index in [2.05, 4.69) is 15.8 Å². The summed E-state index contributed by atoms with van der Waals surface area (Å²) in [6, 6.07) is 6.39. The standard InChI is InChI=1S/C12H5F5NO/c13-7-5-9(14)11(18-6-7)8-3-1-2-4-10(8)19-12(15,16)17/h1-3,5-6H. The molecular formula is C12H5F5NO. The molecule has 0 spiro atoms. The third-order valence-corrected chi connectivity index (χ3v) is 2.10. The summed E-state index contributed by atoms with van der Waals surface area (Å²) >= 11 is 0. The maximum Gasteiger partial charge on any atom is 0.573 e. The van der Waals surface area contributed by atoms with E-state index in [-0.39, 0.29) is 5.56 Å². The summed E-state index contributed by atoms with van der Waals surface area (Å²) in [5, 5.41) is 0. The first-order valence-corrected chi connectivity index (χ1v) is 4.95. The Morgan fingerprint density at radius 1 is 1.21 bits per heavy atom. The Morgan fingerprint density at radius 2 is 1.95 bits per heavy atom. The van der Waals surface area contributed by atoms with Gasteiger partial charge in [-0.05, 0) is 6.07 Å². The van der Waals surface area contributed by atoms with Crippen molar-refractivity contribution >= 4 is 0 Å². The van der Waals surface area contributed by atoms with E-state index < -0.39 is 29.4 Å². The monoisotopic (exact) mass is 274 g/mol. The van der Waals surface area contributed by atoms with Gasteiger partial charge in [-0.1, -0.05) is 12.1 Å². The molecule has 1 radical (unpaired) electrons. The van der Waals surface area contributed by atoms with Gasteiger partial charge in [-0.25, -0.2) is 13.8 Å². The second-order valence-corrected chi connectivity index (χ2v) is 3.44. The lowest BCUT2D eigenvalue weighted by Crippen LogP contribution is -2.17. The summed E-state index contributed by atoms with van der Waals surface area (Å²) in [6.45, 7) is 0. The van der Waals surface area contributed by atoms with Crippen LogP contribution >= 0.6 is 0 Å². The van der Waals surface area contributed by atoms with E-state index in [0.717, 1.165) is 0 Å². The summed E-state index contributed by atoms with van der Waals surface area (Å²) in [5.74, 6) is -2.75. The van der Waals surface area contributed by atoms with Crippen molar-refractivity contribution < 1.29 is 26.7 Å². The van der Waals surface area contributed by atoms with E-state index >= 15 is 0 Å². The molecule has 1 aromatic carbocycles. The SMILES string of the molecule is Fc1cnc(-c2ccc[c]c2OC(F)(F)F)c(F)c1. The van der Waals surface area contributed by atoms with Gasteiger partial charge >= 0.3 is 6.36 Å². The number of hydrogen-bond acceptors (Lipinski definition) is 2. The lowest BCUT2D eigenvalue weighted by atomic mass is 10.1. The van der Waals surface area contributed by atoms with E-state index in [1.807, 2.05) is 0 Å². The normalized spacial score (nSPS) is 11.4. The number of pyridine rings is 1. The predicted octanol–water partition coefficient (Wildman–Crippen LogP) is 3.73. The summed E-state index contributed by atoms with van der Waals surface area (Å²) in [6.07, 6.45) is -4.24. The van der Waals surface area contributed by atoms with Crippen LogP contribution in [0.4, 0.5) is 22.0 Å². The number of halogens is 5. The Bertz CT molecular complexity index is 597. The molecule has 2 rings (SSSR count). The van der Waals surface area contributed by atoms with Crippen LogP contribution in [0.25, 0.3) is 11.3 Å². The Balaban J connectivity index is 2.50. The lowest BCUT2D eigenvalue weighted by molar-refractivity contribution is -0.274. The minimum atomic E-state index is -4.94. The van der Waals surface area contributed by atoms with Gasteiger partial charge in [0.15, 0.2) is 5.82 Å². The van der Waals surface area contributed by atoms with Crippen molar-refractivity contribution in [2.75, 3.05) is 0 Å². The summed E-state index contributed by atoms with van der Waals surface area (Å²) in [7, 11) is 0. The Labute approximate surface area is 104 Å². The number of alkyl halides is 3. The van der Waals surface area contributed by atoms with Crippen LogP contribution < -0.4 is 4.74 Å². The topological polar surface area (TPSA) is 22.1 Å². The van der Waals surface area contributed by atoms with Gasteiger partial charge in [-0.3, -0.25) is 0 Å². The van der Waals surface area contributed by atoms with Gasteiger partial charge in [0.25, 0.3) is 0 Å². The first kappa shape index (κ1) is 13.3. The third kappa shape index (κ3) is 3.18. The molecule has 19 heavy (non-hydrogen) atoms. The fourth-order valence-electron chi connectivity index (χ4n) is 1.42. The van der Waals surface area contributed by atoms with E-state index in [9.17, 15) is 22.0 Å². The zero-order valence-electron chi connectivity index (χ0n) is 9.13. The lowest BCUT2D eigenvalue weighted by Gasteiger charge is -2.12. The first-order chi connectivity index (χ1) is 8.87. The molecule has 2 aromatic rings. The number of benzene rings is 1. The molecular weight excluding hydrogens is 269 g/mol. The number of hydrogen-bond donors (Lipinski definition) is 0. The molecule has 99 valence electrons. The van der Waals surface area contributed by atoms with E-state index in [0.29, 0.717) is 12.3 Å². The highest BCUT2D eigenvalue weighted by Crippen LogP contribution is 2.33. The molecule has 0 fully saturated rings. The summed E-state index contributed by atoms with van der Waals surface area (Å²) in [4.78, 5) is 3.42. The van der Waals surface area contributed by atoms with Crippen molar-refractivity contribution in [3.63, 3.8) is 0 Å². The number of nitrogens with zero attached hydrogens (tertiary/aromatic N) is 1. The minimum Gasteiger partial charge on any atom is -0.404 e. The van der Waals surface area contributed by atoms with Gasteiger partial charge in [-0.15, -0.1) is 13.2 Å². The number of para-hydroxylation sites is 1. The van der Waals surface area contributed by atoms with Crippen LogP contribution in [0.1, 0.15) is 0 Å². The molecule has 0 aliphatic carbocycles. The molecule has 0 aliphatic rings. The maximum absolute atomic E-state index is 13.5. The molecule has 0 amide bonds. The molecule has 1 aromatic heterocycles. The van der Waals surface area contributed by atoms with Crippen LogP contribution in [0.5, 0.6) is 5.75 Å². The zero-order chi connectivity index (χ0) is 14.0. The summed E-state index contributed by atoms with van der Waals surface area (Å²) in [5.41, 5.74) is -0.713. The van der Waals surface area contributed by atoms with Gasteiger partial charge in [0.1, 0.15) is 17.3 Å². The van der Waals surface area contributed by atoms with Crippen molar-refractivity contribution in [3.8, 4) is 17.0 Å². The van der Waals surface area contributed by atoms with E-state index in [4.69, 9.17) is 0 Å². The highest BCUT2D eigenvalue weighted by molar-refractivity contribution is 5.67. The number of aromatic nitrogens is 1. The zero-order valence-corrected chi connectivity index (χ0v) is 9.13. The molecule has 0 atom stereocenters. The van der Waals surface area contributed by atoms with Gasteiger partial charge in [0.05, 0.1) is 6.20 Å². The Kier molecular flexibility index (Phi) is 3.37. The quantitative estimate of drug-likeness (QED) is 0.778.